The lowest BCUT2D eigenvalue weighted by Gasteiger charge is -2.34. The number of nitro groups is 1. The number of nitrogens with one attached hydrogen (secondary N) is 1. The monoisotopic (exact) mass is 222 g/mol. The lowest BCUT2D eigenvalue weighted by Crippen LogP contribution is -2.50. The Morgan fingerprint density at radius 1 is 1.69 bits per heavy atom. The van der Waals surface area contributed by atoms with Crippen LogP contribution in [0.2, 0.25) is 0 Å². The number of hydrogen-bond acceptors (Lipinski definition) is 5. The third-order valence-corrected chi connectivity index (χ3v) is 2.74. The highest BCUT2D eigenvalue weighted by atomic mass is 16.6. The zero-order chi connectivity index (χ0) is 11.5. The Hall–Kier alpha value is -1.69. The van der Waals surface area contributed by atoms with E-state index >= 15 is 0 Å². The average molecular weight is 222 g/mol. The van der Waals surface area contributed by atoms with Crippen molar-refractivity contribution < 1.29 is 4.92 Å². The molecule has 1 fully saturated rings. The first-order valence-electron chi connectivity index (χ1n) is 5.27. The van der Waals surface area contributed by atoms with E-state index in [1.54, 1.807) is 12.3 Å². The minimum Gasteiger partial charge on any atom is -0.346 e. The van der Waals surface area contributed by atoms with Crippen molar-refractivity contribution in [3.05, 3.63) is 28.4 Å². The number of nitrogens with zero attached hydrogens (tertiary/aromatic N) is 3. The van der Waals surface area contributed by atoms with Gasteiger partial charge in [0, 0.05) is 37.9 Å². The minimum atomic E-state index is -0.378. The van der Waals surface area contributed by atoms with Crippen LogP contribution in [0.25, 0.3) is 0 Å². The molecule has 1 unspecified atom stereocenters. The maximum Gasteiger partial charge on any atom is 0.311 e. The predicted molar refractivity (Wildman–Crippen MR) is 60.6 cm³/mol. The van der Waals surface area contributed by atoms with Gasteiger partial charge in [-0.15, -0.1) is 0 Å². The van der Waals surface area contributed by atoms with Gasteiger partial charge in [0.05, 0.1) is 4.92 Å². The number of pyridine rings is 1. The summed E-state index contributed by atoms with van der Waals surface area (Å²) in [5, 5.41) is 14.1. The highest BCUT2D eigenvalue weighted by Gasteiger charge is 2.26. The van der Waals surface area contributed by atoms with Gasteiger partial charge in [-0.25, -0.2) is 4.98 Å². The van der Waals surface area contributed by atoms with Gasteiger partial charge >= 0.3 is 5.69 Å². The Labute approximate surface area is 93.4 Å². The average Bonchev–Trinajstić information content (AvgIpc) is 2.29. The summed E-state index contributed by atoms with van der Waals surface area (Å²) in [5.41, 5.74) is 0.0799. The zero-order valence-corrected chi connectivity index (χ0v) is 9.09. The van der Waals surface area contributed by atoms with Crippen LogP contribution in [0, 0.1) is 10.1 Å². The van der Waals surface area contributed by atoms with Crippen molar-refractivity contribution in [2.75, 3.05) is 24.5 Å². The van der Waals surface area contributed by atoms with E-state index in [0.29, 0.717) is 5.82 Å². The molecule has 0 saturated carbocycles. The fourth-order valence-electron chi connectivity index (χ4n) is 1.91. The molecule has 1 saturated heterocycles. The van der Waals surface area contributed by atoms with Crippen LogP contribution in [0.5, 0.6) is 0 Å². The summed E-state index contributed by atoms with van der Waals surface area (Å²) >= 11 is 0. The van der Waals surface area contributed by atoms with Crippen molar-refractivity contribution in [3.63, 3.8) is 0 Å². The summed E-state index contributed by atoms with van der Waals surface area (Å²) in [5.74, 6) is 0.474. The fourth-order valence-corrected chi connectivity index (χ4v) is 1.91. The first-order chi connectivity index (χ1) is 7.70. The molecule has 0 aliphatic carbocycles. The van der Waals surface area contributed by atoms with Crippen LogP contribution >= 0.6 is 0 Å². The molecular weight excluding hydrogens is 208 g/mol. The van der Waals surface area contributed by atoms with Crippen LogP contribution in [0.4, 0.5) is 11.5 Å². The SMILES string of the molecule is CC1CNCCN1c1ncccc1[N+](=O)[O-]. The topological polar surface area (TPSA) is 71.3 Å². The van der Waals surface area contributed by atoms with Crippen molar-refractivity contribution >= 4 is 11.5 Å². The number of anilines is 1. The largest absolute Gasteiger partial charge is 0.346 e. The van der Waals surface area contributed by atoms with Crippen molar-refractivity contribution in [1.29, 1.82) is 0 Å². The van der Waals surface area contributed by atoms with Crippen molar-refractivity contribution in [2.24, 2.45) is 0 Å². The molecule has 0 amide bonds. The third kappa shape index (κ3) is 1.96. The Bertz CT molecular complexity index is 396. The molecule has 1 N–H and O–H groups in total. The summed E-state index contributed by atoms with van der Waals surface area (Å²) in [4.78, 5) is 16.6. The molecule has 6 heteroatoms. The molecule has 2 heterocycles. The predicted octanol–water partition coefficient (Wildman–Crippen LogP) is 0.788. The van der Waals surface area contributed by atoms with Gasteiger partial charge in [0.2, 0.25) is 5.82 Å². The van der Waals surface area contributed by atoms with E-state index in [1.807, 2.05) is 11.8 Å². The van der Waals surface area contributed by atoms with Gasteiger partial charge in [-0.05, 0) is 13.0 Å². The highest BCUT2D eigenvalue weighted by molar-refractivity contribution is 5.58. The van der Waals surface area contributed by atoms with E-state index in [0.717, 1.165) is 19.6 Å². The van der Waals surface area contributed by atoms with Crippen molar-refractivity contribution in [3.8, 4) is 0 Å². The summed E-state index contributed by atoms with van der Waals surface area (Å²) in [6.45, 7) is 4.44. The van der Waals surface area contributed by atoms with Gasteiger partial charge in [0.25, 0.3) is 0 Å². The van der Waals surface area contributed by atoms with Crippen LogP contribution in [0.3, 0.4) is 0 Å². The molecule has 86 valence electrons. The normalized spacial score (nSPS) is 20.8. The molecule has 16 heavy (non-hydrogen) atoms. The molecule has 1 aliphatic heterocycles. The lowest BCUT2D eigenvalue weighted by molar-refractivity contribution is -0.384. The Morgan fingerprint density at radius 3 is 3.19 bits per heavy atom. The molecule has 1 aliphatic rings. The maximum absolute atomic E-state index is 10.9. The molecule has 0 bridgehead atoms. The van der Waals surface area contributed by atoms with Gasteiger partial charge in [0.1, 0.15) is 0 Å². The molecule has 1 atom stereocenters. The number of piperazine rings is 1. The summed E-state index contributed by atoms with van der Waals surface area (Å²) in [7, 11) is 0. The maximum atomic E-state index is 10.9. The molecule has 0 aromatic carbocycles. The summed E-state index contributed by atoms with van der Waals surface area (Å²) in [6, 6.07) is 3.31. The second kappa shape index (κ2) is 4.44. The van der Waals surface area contributed by atoms with E-state index < -0.39 is 0 Å². The smallest absolute Gasteiger partial charge is 0.311 e. The quantitative estimate of drug-likeness (QED) is 0.591. The standard InChI is InChI=1S/C10H14N4O2/c1-8-7-11-5-6-13(8)10-9(14(15)16)3-2-4-12-10/h2-4,8,11H,5-7H2,1H3. The van der Waals surface area contributed by atoms with E-state index in [-0.39, 0.29) is 16.7 Å². The second-order valence-electron chi connectivity index (χ2n) is 3.85. The zero-order valence-electron chi connectivity index (χ0n) is 9.09. The van der Waals surface area contributed by atoms with Crippen LogP contribution in [-0.4, -0.2) is 35.6 Å². The van der Waals surface area contributed by atoms with Crippen molar-refractivity contribution in [2.45, 2.75) is 13.0 Å². The molecule has 2 rings (SSSR count). The van der Waals surface area contributed by atoms with Crippen LogP contribution in [0.1, 0.15) is 6.92 Å². The molecule has 1 aromatic heterocycles. The van der Waals surface area contributed by atoms with Crippen LogP contribution in [0.15, 0.2) is 18.3 Å². The molecule has 0 radical (unpaired) electrons. The molecule has 1 aromatic rings. The molecule has 0 spiro atoms. The highest BCUT2D eigenvalue weighted by Crippen LogP contribution is 2.26. The summed E-state index contributed by atoms with van der Waals surface area (Å²) < 4.78 is 0. The number of hydrogen-bond donors (Lipinski definition) is 1. The minimum absolute atomic E-state index is 0.0799. The van der Waals surface area contributed by atoms with Crippen LogP contribution < -0.4 is 10.2 Å². The van der Waals surface area contributed by atoms with Gasteiger partial charge in [-0.3, -0.25) is 10.1 Å². The second-order valence-corrected chi connectivity index (χ2v) is 3.85. The Balaban J connectivity index is 2.34. The van der Waals surface area contributed by atoms with Crippen molar-refractivity contribution in [1.82, 2.24) is 10.3 Å². The summed E-state index contributed by atoms with van der Waals surface area (Å²) in [6.07, 6.45) is 1.59. The number of aromatic nitrogens is 1. The van der Waals surface area contributed by atoms with Gasteiger partial charge < -0.3 is 10.2 Å². The Kier molecular flexibility index (Phi) is 3.00. The Morgan fingerprint density at radius 2 is 2.50 bits per heavy atom. The first kappa shape index (κ1) is 10.8. The van der Waals surface area contributed by atoms with E-state index in [4.69, 9.17) is 0 Å². The van der Waals surface area contributed by atoms with Gasteiger partial charge in [-0.2, -0.15) is 0 Å². The molecular formula is C10H14N4O2. The molecule has 6 nitrogen and oxygen atoms in total. The first-order valence-corrected chi connectivity index (χ1v) is 5.27. The van der Waals surface area contributed by atoms with Crippen LogP contribution in [-0.2, 0) is 0 Å². The fraction of sp³-hybridized carbons (Fsp3) is 0.500. The lowest BCUT2D eigenvalue weighted by atomic mass is 10.2. The van der Waals surface area contributed by atoms with Gasteiger partial charge in [-0.1, -0.05) is 0 Å². The number of rotatable bonds is 2. The van der Waals surface area contributed by atoms with Gasteiger partial charge in [0.15, 0.2) is 0 Å². The van der Waals surface area contributed by atoms with E-state index in [1.165, 1.54) is 6.07 Å². The van der Waals surface area contributed by atoms with E-state index in [9.17, 15) is 10.1 Å². The third-order valence-electron chi connectivity index (χ3n) is 2.74. The van der Waals surface area contributed by atoms with E-state index in [2.05, 4.69) is 10.3 Å².